The lowest BCUT2D eigenvalue weighted by Crippen LogP contribution is -2.46. The second-order valence-electron chi connectivity index (χ2n) is 9.55. The van der Waals surface area contributed by atoms with Gasteiger partial charge in [0.05, 0.1) is 17.7 Å². The number of carbonyl (C=O) groups is 2. The number of piperidine rings is 1. The van der Waals surface area contributed by atoms with Crippen LogP contribution >= 0.6 is 0 Å². The highest BCUT2D eigenvalue weighted by molar-refractivity contribution is 5.94. The van der Waals surface area contributed by atoms with Crippen molar-refractivity contribution >= 4 is 11.8 Å². The Kier molecular flexibility index (Phi) is 8.72. The molecule has 1 aromatic carbocycles. The van der Waals surface area contributed by atoms with Crippen LogP contribution in [0.1, 0.15) is 73.4 Å². The third kappa shape index (κ3) is 7.59. The molecule has 0 bridgehead atoms. The van der Waals surface area contributed by atoms with Crippen LogP contribution in [0.15, 0.2) is 18.2 Å². The molecule has 1 saturated carbocycles. The number of carbonyl (C=O) groups excluding carboxylic acids is 2. The van der Waals surface area contributed by atoms with Gasteiger partial charge in [0.2, 0.25) is 5.91 Å². The first-order chi connectivity index (χ1) is 16.3. The summed E-state index contributed by atoms with van der Waals surface area (Å²) in [5.74, 6) is -0.595. The van der Waals surface area contributed by atoms with Gasteiger partial charge in [-0.05, 0) is 82.5 Å². The number of alkyl halides is 6. The monoisotopic (exact) mass is 507 g/mol. The molecule has 1 heterocycles. The fourth-order valence-corrected chi connectivity index (χ4v) is 4.82. The lowest BCUT2D eigenvalue weighted by molar-refractivity contribution is -0.143. The molecule has 2 fully saturated rings. The number of hydrogen-bond acceptors (Lipinski definition) is 3. The lowest BCUT2D eigenvalue weighted by Gasteiger charge is -2.34. The zero-order chi connectivity index (χ0) is 25.8. The molecule has 1 aliphatic heterocycles. The first kappa shape index (κ1) is 27.3. The van der Waals surface area contributed by atoms with Gasteiger partial charge in [0.1, 0.15) is 0 Å². The minimum atomic E-state index is -5.01. The highest BCUT2D eigenvalue weighted by atomic mass is 19.4. The zero-order valence-corrected chi connectivity index (χ0v) is 19.6. The maximum atomic E-state index is 13.0. The topological polar surface area (TPSA) is 61.4 Å². The van der Waals surface area contributed by atoms with E-state index in [9.17, 15) is 35.9 Å². The van der Waals surface area contributed by atoms with Crippen molar-refractivity contribution in [3.05, 3.63) is 34.9 Å². The number of nitrogens with zero attached hydrogens (tertiary/aromatic N) is 1. The van der Waals surface area contributed by atoms with E-state index in [1.54, 1.807) is 0 Å². The SMILES string of the molecule is CC1CCCCN1C(=O)CNCC1CCC(NC(=O)c2cc(C(F)(F)F)cc(C(F)(F)F)c2)CC1. The molecular formula is C24H31F6N3O2. The standard InChI is InChI=1S/C24H31F6N3O2/c1-15-4-2-3-9-33(15)21(34)14-31-13-16-5-7-20(8-6-16)32-22(35)17-10-18(23(25,26)27)12-19(11-17)24(28,29)30/h10-12,15-16,20,31H,2-9,13-14H2,1H3,(H,32,35). The molecule has 2 N–H and O–H groups in total. The molecular weight excluding hydrogens is 476 g/mol. The van der Waals surface area contributed by atoms with Crippen LogP contribution in [0.4, 0.5) is 26.3 Å². The predicted octanol–water partition coefficient (Wildman–Crippen LogP) is 5.00. The van der Waals surface area contributed by atoms with Crippen LogP contribution in [0.5, 0.6) is 0 Å². The number of rotatable bonds is 6. The van der Waals surface area contributed by atoms with Crippen molar-refractivity contribution in [2.45, 2.75) is 76.3 Å². The van der Waals surface area contributed by atoms with Crippen LogP contribution in [-0.2, 0) is 17.1 Å². The second kappa shape index (κ2) is 11.2. The Morgan fingerprint density at radius 2 is 1.51 bits per heavy atom. The van der Waals surface area contributed by atoms with E-state index in [0.29, 0.717) is 31.5 Å². The Morgan fingerprint density at radius 3 is 2.06 bits per heavy atom. The van der Waals surface area contributed by atoms with Crippen LogP contribution in [0.2, 0.25) is 0 Å². The van der Waals surface area contributed by atoms with Gasteiger partial charge in [-0.25, -0.2) is 0 Å². The molecule has 196 valence electrons. The molecule has 0 radical (unpaired) electrons. The average molecular weight is 508 g/mol. The van der Waals surface area contributed by atoms with Crippen LogP contribution < -0.4 is 10.6 Å². The molecule has 3 rings (SSSR count). The molecule has 2 aliphatic rings. The van der Waals surface area contributed by atoms with E-state index < -0.39 is 35.0 Å². The van der Waals surface area contributed by atoms with Gasteiger partial charge in [-0.2, -0.15) is 26.3 Å². The van der Waals surface area contributed by atoms with Crippen molar-refractivity contribution in [1.29, 1.82) is 0 Å². The fraction of sp³-hybridized carbons (Fsp3) is 0.667. The number of amides is 2. The van der Waals surface area contributed by atoms with Crippen molar-refractivity contribution in [1.82, 2.24) is 15.5 Å². The Hall–Kier alpha value is -2.30. The fourth-order valence-electron chi connectivity index (χ4n) is 4.82. The highest BCUT2D eigenvalue weighted by Gasteiger charge is 2.37. The zero-order valence-electron chi connectivity index (χ0n) is 19.6. The summed E-state index contributed by atoms with van der Waals surface area (Å²) in [4.78, 5) is 26.8. The van der Waals surface area contributed by atoms with Crippen LogP contribution in [0, 0.1) is 5.92 Å². The summed E-state index contributed by atoms with van der Waals surface area (Å²) in [5, 5.41) is 5.78. The smallest absolute Gasteiger partial charge is 0.349 e. The Morgan fingerprint density at radius 1 is 0.914 bits per heavy atom. The third-order valence-electron chi connectivity index (χ3n) is 6.86. The first-order valence-corrected chi connectivity index (χ1v) is 11.9. The quantitative estimate of drug-likeness (QED) is 0.533. The van der Waals surface area contributed by atoms with Gasteiger partial charge < -0.3 is 15.5 Å². The molecule has 5 nitrogen and oxygen atoms in total. The Labute approximate surface area is 200 Å². The van der Waals surface area contributed by atoms with Crippen molar-refractivity contribution in [3.63, 3.8) is 0 Å². The maximum absolute atomic E-state index is 13.0. The summed E-state index contributed by atoms with van der Waals surface area (Å²) in [7, 11) is 0. The molecule has 0 spiro atoms. The number of nitrogens with one attached hydrogen (secondary N) is 2. The first-order valence-electron chi connectivity index (χ1n) is 11.9. The van der Waals surface area contributed by atoms with Crippen molar-refractivity contribution < 1.29 is 35.9 Å². The van der Waals surface area contributed by atoms with E-state index in [-0.39, 0.29) is 36.5 Å². The van der Waals surface area contributed by atoms with E-state index in [4.69, 9.17) is 0 Å². The number of halogens is 6. The maximum Gasteiger partial charge on any atom is 0.416 e. The van der Waals surface area contributed by atoms with Crippen LogP contribution in [-0.4, -0.2) is 48.4 Å². The molecule has 1 unspecified atom stereocenters. The molecule has 1 atom stereocenters. The average Bonchev–Trinajstić information content (AvgIpc) is 2.79. The summed E-state index contributed by atoms with van der Waals surface area (Å²) >= 11 is 0. The van der Waals surface area contributed by atoms with E-state index in [0.717, 1.165) is 38.6 Å². The Balaban J connectivity index is 1.48. The highest BCUT2D eigenvalue weighted by Crippen LogP contribution is 2.36. The van der Waals surface area contributed by atoms with Crippen LogP contribution in [0.3, 0.4) is 0 Å². The van der Waals surface area contributed by atoms with E-state index in [1.807, 2.05) is 4.90 Å². The summed E-state index contributed by atoms with van der Waals surface area (Å²) in [6, 6.07) is 0.811. The minimum Gasteiger partial charge on any atom is -0.349 e. The summed E-state index contributed by atoms with van der Waals surface area (Å²) in [6.07, 6.45) is -4.28. The van der Waals surface area contributed by atoms with Crippen LogP contribution in [0.25, 0.3) is 0 Å². The number of benzene rings is 1. The predicted molar refractivity (Wildman–Crippen MR) is 118 cm³/mol. The lowest BCUT2D eigenvalue weighted by atomic mass is 9.86. The molecule has 1 aliphatic carbocycles. The molecule has 1 saturated heterocycles. The molecule has 11 heteroatoms. The van der Waals surface area contributed by atoms with Gasteiger partial charge in [-0.3, -0.25) is 9.59 Å². The van der Waals surface area contributed by atoms with Gasteiger partial charge in [-0.1, -0.05) is 0 Å². The van der Waals surface area contributed by atoms with Gasteiger partial charge in [0.25, 0.3) is 5.91 Å². The molecule has 1 aromatic rings. The van der Waals surface area contributed by atoms with E-state index in [2.05, 4.69) is 17.6 Å². The molecule has 2 amide bonds. The van der Waals surface area contributed by atoms with E-state index >= 15 is 0 Å². The molecule has 0 aromatic heterocycles. The normalized spacial score (nSPS) is 23.7. The van der Waals surface area contributed by atoms with Gasteiger partial charge in [-0.15, -0.1) is 0 Å². The minimum absolute atomic E-state index is 0.00562. The van der Waals surface area contributed by atoms with Crippen molar-refractivity contribution in [3.8, 4) is 0 Å². The summed E-state index contributed by atoms with van der Waals surface area (Å²) in [6.45, 7) is 3.73. The number of hydrogen-bond donors (Lipinski definition) is 2. The summed E-state index contributed by atoms with van der Waals surface area (Å²) < 4.78 is 78.3. The largest absolute Gasteiger partial charge is 0.416 e. The Bertz CT molecular complexity index is 862. The second-order valence-corrected chi connectivity index (χ2v) is 9.55. The van der Waals surface area contributed by atoms with Crippen molar-refractivity contribution in [2.75, 3.05) is 19.6 Å². The van der Waals surface area contributed by atoms with Gasteiger partial charge in [0, 0.05) is 24.2 Å². The third-order valence-corrected chi connectivity index (χ3v) is 6.86. The van der Waals surface area contributed by atoms with Gasteiger partial charge in [0.15, 0.2) is 0 Å². The number of likely N-dealkylation sites (tertiary alicyclic amines) is 1. The van der Waals surface area contributed by atoms with E-state index in [1.165, 1.54) is 0 Å². The van der Waals surface area contributed by atoms with Crippen molar-refractivity contribution in [2.24, 2.45) is 5.92 Å². The summed E-state index contributed by atoms with van der Waals surface area (Å²) in [5.41, 5.74) is -3.69. The van der Waals surface area contributed by atoms with Gasteiger partial charge >= 0.3 is 12.4 Å². The molecule has 35 heavy (non-hydrogen) atoms.